The van der Waals surface area contributed by atoms with Crippen molar-refractivity contribution in [1.29, 1.82) is 0 Å². The van der Waals surface area contributed by atoms with Gasteiger partial charge in [0.25, 0.3) is 0 Å². The van der Waals surface area contributed by atoms with Crippen LogP contribution in [0.3, 0.4) is 0 Å². The molecular weight excluding hydrogens is 407 g/mol. The molecule has 1 aromatic carbocycles. The molecule has 3 rings (SSSR count). The normalized spacial score (nSPS) is 25.4. The van der Waals surface area contributed by atoms with E-state index in [0.29, 0.717) is 6.42 Å². The van der Waals surface area contributed by atoms with Crippen molar-refractivity contribution >= 4 is 12.0 Å². The van der Waals surface area contributed by atoms with Crippen LogP contribution in [0, 0.1) is 5.92 Å². The van der Waals surface area contributed by atoms with Gasteiger partial charge in [-0.1, -0.05) is 44.2 Å². The number of alkyl halides is 1. The quantitative estimate of drug-likeness (QED) is 0.627. The molecule has 172 valence electrons. The van der Waals surface area contributed by atoms with Crippen molar-refractivity contribution in [3.05, 3.63) is 35.9 Å². The van der Waals surface area contributed by atoms with Crippen molar-refractivity contribution in [2.45, 2.75) is 57.0 Å². The fraction of sp³-hybridized carbons (Fsp3) is 0.636. The van der Waals surface area contributed by atoms with Crippen LogP contribution >= 0.6 is 0 Å². The lowest BCUT2D eigenvalue weighted by atomic mass is 10.0. The molecule has 0 bridgehead atoms. The summed E-state index contributed by atoms with van der Waals surface area (Å²) in [6.07, 6.45) is -2.54. The summed E-state index contributed by atoms with van der Waals surface area (Å²) >= 11 is 0. The second-order valence-corrected chi connectivity index (χ2v) is 8.34. The molecule has 2 aliphatic heterocycles. The topological polar surface area (TPSA) is 86.3 Å². The standard InChI is InChI=1S/C22H31FN2O6/c1-14(2)10-17(24-21(27)30-12-15-8-6-5-7-9-15)20(26)25-11-16(23)18-19(25)22(28-3,29-4)13-31-18/h5-9,14,16-19H,10-13H2,1-4H3,(H,24,27)/t16-,17?,18+,19-/m0/s1. The number of carbonyl (C=O) groups is 2. The average Bonchev–Trinajstić information content (AvgIpc) is 3.30. The van der Waals surface area contributed by atoms with E-state index in [9.17, 15) is 14.0 Å². The zero-order valence-electron chi connectivity index (χ0n) is 18.4. The maximum Gasteiger partial charge on any atom is 0.408 e. The minimum Gasteiger partial charge on any atom is -0.445 e. The van der Waals surface area contributed by atoms with Crippen LogP contribution in [0.4, 0.5) is 9.18 Å². The van der Waals surface area contributed by atoms with E-state index in [1.54, 1.807) is 0 Å². The summed E-state index contributed by atoms with van der Waals surface area (Å²) in [7, 11) is 2.88. The maximum atomic E-state index is 14.7. The number of amides is 2. The zero-order valence-corrected chi connectivity index (χ0v) is 18.4. The van der Waals surface area contributed by atoms with E-state index in [1.807, 2.05) is 44.2 Å². The number of methoxy groups -OCH3 is 2. The lowest BCUT2D eigenvalue weighted by Gasteiger charge is -2.37. The fourth-order valence-electron chi connectivity index (χ4n) is 4.23. The Labute approximate surface area is 182 Å². The molecule has 0 spiro atoms. The largest absolute Gasteiger partial charge is 0.445 e. The summed E-state index contributed by atoms with van der Waals surface area (Å²) in [5.41, 5.74) is 0.833. The number of carbonyl (C=O) groups excluding carboxylic acids is 2. The molecule has 2 amide bonds. The number of halogens is 1. The Morgan fingerprint density at radius 2 is 1.94 bits per heavy atom. The van der Waals surface area contributed by atoms with Gasteiger partial charge in [0.1, 0.15) is 37.6 Å². The first-order valence-electron chi connectivity index (χ1n) is 10.4. The van der Waals surface area contributed by atoms with Gasteiger partial charge in [0.05, 0.1) is 6.54 Å². The van der Waals surface area contributed by atoms with E-state index in [0.717, 1.165) is 5.56 Å². The monoisotopic (exact) mass is 438 g/mol. The summed E-state index contributed by atoms with van der Waals surface area (Å²) in [5, 5.41) is 2.66. The van der Waals surface area contributed by atoms with Crippen LogP contribution in [-0.2, 0) is 30.3 Å². The molecule has 9 heteroatoms. The summed E-state index contributed by atoms with van der Waals surface area (Å²) in [6, 6.07) is 7.62. The van der Waals surface area contributed by atoms with Crippen molar-refractivity contribution < 1.29 is 32.9 Å². The molecule has 4 atom stereocenters. The molecule has 1 N–H and O–H groups in total. The van der Waals surface area contributed by atoms with Crippen LogP contribution in [0.25, 0.3) is 0 Å². The van der Waals surface area contributed by atoms with Gasteiger partial charge in [-0.15, -0.1) is 0 Å². The number of alkyl carbamates (subject to hydrolysis) is 1. The van der Waals surface area contributed by atoms with Gasteiger partial charge < -0.3 is 29.2 Å². The van der Waals surface area contributed by atoms with E-state index in [4.69, 9.17) is 18.9 Å². The highest BCUT2D eigenvalue weighted by molar-refractivity contribution is 5.86. The van der Waals surface area contributed by atoms with Crippen LogP contribution in [0.2, 0.25) is 0 Å². The van der Waals surface area contributed by atoms with Crippen molar-refractivity contribution in [3.8, 4) is 0 Å². The van der Waals surface area contributed by atoms with Crippen molar-refractivity contribution in [2.75, 3.05) is 27.4 Å². The van der Waals surface area contributed by atoms with Crippen LogP contribution in [0.1, 0.15) is 25.8 Å². The highest BCUT2D eigenvalue weighted by Crippen LogP contribution is 2.40. The number of likely N-dealkylation sites (tertiary alicyclic amines) is 1. The van der Waals surface area contributed by atoms with Crippen molar-refractivity contribution in [2.24, 2.45) is 5.92 Å². The average molecular weight is 438 g/mol. The Hall–Kier alpha value is -2.23. The number of rotatable bonds is 8. The number of benzene rings is 1. The third-order valence-corrected chi connectivity index (χ3v) is 5.79. The van der Waals surface area contributed by atoms with Gasteiger partial charge in [0, 0.05) is 14.2 Å². The number of ether oxygens (including phenoxy) is 4. The van der Waals surface area contributed by atoms with Gasteiger partial charge in [-0.2, -0.15) is 0 Å². The zero-order chi connectivity index (χ0) is 22.6. The molecule has 0 radical (unpaired) electrons. The first-order valence-corrected chi connectivity index (χ1v) is 10.4. The van der Waals surface area contributed by atoms with Gasteiger partial charge in [-0.25, -0.2) is 9.18 Å². The summed E-state index contributed by atoms with van der Waals surface area (Å²) in [6.45, 7) is 3.82. The van der Waals surface area contributed by atoms with Crippen molar-refractivity contribution in [3.63, 3.8) is 0 Å². The van der Waals surface area contributed by atoms with Gasteiger partial charge in [0.15, 0.2) is 0 Å². The highest BCUT2D eigenvalue weighted by Gasteiger charge is 2.62. The molecular formula is C22H31FN2O6. The predicted molar refractivity (Wildman–Crippen MR) is 110 cm³/mol. The summed E-state index contributed by atoms with van der Waals surface area (Å²) in [5.74, 6) is -1.56. The fourth-order valence-corrected chi connectivity index (χ4v) is 4.23. The smallest absolute Gasteiger partial charge is 0.408 e. The number of fused-ring (bicyclic) bond motifs is 1. The number of hydrogen-bond donors (Lipinski definition) is 1. The predicted octanol–water partition coefficient (Wildman–Crippen LogP) is 2.26. The lowest BCUT2D eigenvalue weighted by molar-refractivity contribution is -0.227. The van der Waals surface area contributed by atoms with Crippen LogP contribution in [0.5, 0.6) is 0 Å². The molecule has 0 aliphatic carbocycles. The van der Waals surface area contributed by atoms with Gasteiger partial charge >= 0.3 is 6.09 Å². The molecule has 31 heavy (non-hydrogen) atoms. The number of hydrogen-bond acceptors (Lipinski definition) is 6. The molecule has 2 heterocycles. The number of nitrogens with zero attached hydrogens (tertiary/aromatic N) is 1. The van der Waals surface area contributed by atoms with Crippen molar-refractivity contribution in [1.82, 2.24) is 10.2 Å². The first kappa shape index (κ1) is 23.4. The first-order chi connectivity index (χ1) is 14.8. The third-order valence-electron chi connectivity index (χ3n) is 5.79. The van der Waals surface area contributed by atoms with E-state index in [-0.39, 0.29) is 25.7 Å². The van der Waals surface area contributed by atoms with Gasteiger partial charge in [0.2, 0.25) is 11.7 Å². The third kappa shape index (κ3) is 4.99. The van der Waals surface area contributed by atoms with Crippen LogP contribution < -0.4 is 5.32 Å². The Morgan fingerprint density at radius 1 is 1.26 bits per heavy atom. The molecule has 0 saturated carbocycles. The molecule has 2 fully saturated rings. The Balaban J connectivity index is 1.72. The summed E-state index contributed by atoms with van der Waals surface area (Å²) < 4.78 is 36.5. The second kappa shape index (κ2) is 9.93. The van der Waals surface area contributed by atoms with E-state index in [2.05, 4.69) is 5.32 Å². The molecule has 8 nitrogen and oxygen atoms in total. The molecule has 2 saturated heterocycles. The SMILES string of the molecule is COC1(OC)CO[C@H]2[C@@H]1N(C(=O)C(CC(C)C)NC(=O)OCc1ccccc1)C[C@@H]2F. The minimum atomic E-state index is -1.37. The minimum absolute atomic E-state index is 0.0148. The Bertz CT molecular complexity index is 758. The Morgan fingerprint density at radius 3 is 2.55 bits per heavy atom. The van der Waals surface area contributed by atoms with E-state index < -0.39 is 42.1 Å². The second-order valence-electron chi connectivity index (χ2n) is 8.34. The van der Waals surface area contributed by atoms with Gasteiger partial charge in [-0.3, -0.25) is 4.79 Å². The molecule has 0 aromatic heterocycles. The van der Waals surface area contributed by atoms with Crippen LogP contribution in [0.15, 0.2) is 30.3 Å². The number of nitrogens with one attached hydrogen (secondary N) is 1. The molecule has 1 aromatic rings. The van der Waals surface area contributed by atoms with Gasteiger partial charge in [-0.05, 0) is 17.9 Å². The highest BCUT2D eigenvalue weighted by atomic mass is 19.1. The molecule has 2 aliphatic rings. The Kier molecular flexibility index (Phi) is 7.51. The van der Waals surface area contributed by atoms with E-state index >= 15 is 0 Å². The summed E-state index contributed by atoms with van der Waals surface area (Å²) in [4.78, 5) is 27.2. The maximum absolute atomic E-state index is 14.7. The van der Waals surface area contributed by atoms with Crippen LogP contribution in [-0.4, -0.2) is 74.4 Å². The van der Waals surface area contributed by atoms with E-state index in [1.165, 1.54) is 19.1 Å². The lowest BCUT2D eigenvalue weighted by Crippen LogP contribution is -2.58. The molecule has 1 unspecified atom stereocenters.